The number of nitrogens with one attached hydrogen (secondary N) is 1. The van der Waals surface area contributed by atoms with Crippen LogP contribution in [0.4, 0.5) is 11.4 Å². The second-order valence-corrected chi connectivity index (χ2v) is 10.3. The molecule has 41 heavy (non-hydrogen) atoms. The second-order valence-electron chi connectivity index (χ2n) is 8.67. The fourth-order valence-corrected chi connectivity index (χ4v) is 5.54. The Bertz CT molecular complexity index is 1690. The minimum absolute atomic E-state index is 0.0473. The highest BCUT2D eigenvalue weighted by Gasteiger charge is 2.43. The summed E-state index contributed by atoms with van der Waals surface area (Å²) in [6.07, 6.45) is 0. The molecule has 1 aliphatic heterocycles. The fourth-order valence-electron chi connectivity index (χ4n) is 4.44. The Balaban J connectivity index is 1.90. The van der Waals surface area contributed by atoms with E-state index in [9.17, 15) is 23.3 Å². The van der Waals surface area contributed by atoms with Crippen molar-refractivity contribution < 1.29 is 32.2 Å². The van der Waals surface area contributed by atoms with E-state index in [0.717, 1.165) is 19.1 Å². The van der Waals surface area contributed by atoms with Gasteiger partial charge in [-0.15, -0.1) is 0 Å². The maximum Gasteiger partial charge on any atom is 0.355 e. The fraction of sp³-hybridized carbons (Fsp3) is 0.138. The summed E-state index contributed by atoms with van der Waals surface area (Å²) in [4.78, 5) is 27.4. The average Bonchev–Trinajstić information content (AvgIpc) is 3.00. The Morgan fingerprint density at radius 2 is 1.59 bits per heavy atom. The molecule has 0 amide bonds. The van der Waals surface area contributed by atoms with Crippen molar-refractivity contribution >= 4 is 33.3 Å². The largest absolute Gasteiger partial charge is 0.497 e. The van der Waals surface area contributed by atoms with Crippen molar-refractivity contribution in [1.82, 2.24) is 0 Å². The molecule has 1 aliphatic rings. The summed E-state index contributed by atoms with van der Waals surface area (Å²) in [6.45, 7) is 0. The topological polar surface area (TPSA) is 161 Å². The normalized spacial score (nSPS) is 15.2. The lowest BCUT2D eigenvalue weighted by Crippen LogP contribution is -2.40. The van der Waals surface area contributed by atoms with Gasteiger partial charge in [0.05, 0.1) is 49.4 Å². The number of allylic oxidation sites excluding steroid dienone is 1. The lowest BCUT2D eigenvalue weighted by Gasteiger charge is -2.36. The molecular weight excluding hydrogens is 548 g/mol. The molecule has 3 aromatic rings. The van der Waals surface area contributed by atoms with Gasteiger partial charge in [0, 0.05) is 11.4 Å². The number of benzene rings is 3. The smallest absolute Gasteiger partial charge is 0.355 e. The van der Waals surface area contributed by atoms with Crippen molar-refractivity contribution in [3.63, 3.8) is 0 Å². The number of hydrogen-bond donors (Lipinski definition) is 2. The number of esters is 2. The molecule has 0 saturated carbocycles. The minimum Gasteiger partial charge on any atom is -0.497 e. The molecule has 210 valence electrons. The van der Waals surface area contributed by atoms with Gasteiger partial charge in [-0.05, 0) is 48.0 Å². The van der Waals surface area contributed by atoms with Crippen molar-refractivity contribution in [2.24, 2.45) is 5.73 Å². The van der Waals surface area contributed by atoms with Gasteiger partial charge < -0.3 is 19.9 Å². The van der Waals surface area contributed by atoms with Gasteiger partial charge in [0.1, 0.15) is 17.3 Å². The van der Waals surface area contributed by atoms with E-state index in [1.807, 2.05) is 0 Å². The van der Waals surface area contributed by atoms with Gasteiger partial charge in [-0.25, -0.2) is 18.0 Å². The molecule has 12 heteroatoms. The molecule has 0 aliphatic carbocycles. The van der Waals surface area contributed by atoms with E-state index in [0.29, 0.717) is 11.3 Å². The van der Waals surface area contributed by atoms with Crippen molar-refractivity contribution in [1.29, 1.82) is 5.26 Å². The van der Waals surface area contributed by atoms with Gasteiger partial charge in [0.25, 0.3) is 10.0 Å². The van der Waals surface area contributed by atoms with Crippen LogP contribution < -0.4 is 20.1 Å². The zero-order valence-corrected chi connectivity index (χ0v) is 23.1. The van der Waals surface area contributed by atoms with Gasteiger partial charge in [0.15, 0.2) is 0 Å². The maximum atomic E-state index is 13.3. The molecule has 1 unspecified atom stereocenters. The van der Waals surface area contributed by atoms with Crippen LogP contribution in [0.1, 0.15) is 11.5 Å². The molecule has 1 heterocycles. The van der Waals surface area contributed by atoms with E-state index >= 15 is 0 Å². The van der Waals surface area contributed by atoms with Crippen LogP contribution in [0.25, 0.3) is 0 Å². The van der Waals surface area contributed by atoms with E-state index in [-0.39, 0.29) is 38.9 Å². The van der Waals surface area contributed by atoms with Gasteiger partial charge in [-0.2, -0.15) is 5.26 Å². The summed E-state index contributed by atoms with van der Waals surface area (Å²) >= 11 is 0. The summed E-state index contributed by atoms with van der Waals surface area (Å²) in [6, 6.07) is 22.4. The lowest BCUT2D eigenvalue weighted by molar-refractivity contribution is -0.139. The Morgan fingerprint density at radius 1 is 0.927 bits per heavy atom. The highest BCUT2D eigenvalue weighted by atomic mass is 32.2. The predicted octanol–water partition coefficient (Wildman–Crippen LogP) is 3.39. The van der Waals surface area contributed by atoms with E-state index in [4.69, 9.17) is 19.9 Å². The third-order valence-corrected chi connectivity index (χ3v) is 7.72. The molecule has 0 spiro atoms. The van der Waals surface area contributed by atoms with Crippen LogP contribution in [0.2, 0.25) is 0 Å². The number of ether oxygens (including phenoxy) is 3. The summed E-state index contributed by atoms with van der Waals surface area (Å²) in [5, 5.41) is 10.2. The van der Waals surface area contributed by atoms with Crippen LogP contribution in [0.5, 0.6) is 5.75 Å². The molecule has 3 N–H and O–H groups in total. The molecule has 0 radical (unpaired) electrons. The molecular formula is C29H26N4O7S. The number of carbonyl (C=O) groups is 2. The van der Waals surface area contributed by atoms with Crippen molar-refractivity contribution in [2.75, 3.05) is 31.0 Å². The van der Waals surface area contributed by atoms with Crippen LogP contribution in [0, 0.1) is 11.3 Å². The van der Waals surface area contributed by atoms with Crippen LogP contribution in [0.3, 0.4) is 0 Å². The first-order valence-corrected chi connectivity index (χ1v) is 13.6. The molecule has 1 atom stereocenters. The monoisotopic (exact) mass is 574 g/mol. The molecule has 11 nitrogen and oxygen atoms in total. The third-order valence-electron chi connectivity index (χ3n) is 6.34. The number of nitriles is 1. The lowest BCUT2D eigenvalue weighted by atomic mass is 9.81. The van der Waals surface area contributed by atoms with Gasteiger partial charge in [0.2, 0.25) is 0 Å². The van der Waals surface area contributed by atoms with E-state index in [2.05, 4.69) is 10.8 Å². The van der Waals surface area contributed by atoms with Crippen molar-refractivity contribution in [3.05, 3.63) is 107 Å². The number of rotatable bonds is 8. The number of anilines is 2. The quantitative estimate of drug-likeness (QED) is 0.382. The SMILES string of the molecule is COC(=O)C1=C(C(=O)OC)N(c2cccc(S(=O)(=O)Nc3ccc(OC)cc3)c2)C(N)=C(C#N)C1c1ccccc1. The Hall–Kier alpha value is -5.28. The highest BCUT2D eigenvalue weighted by molar-refractivity contribution is 7.92. The summed E-state index contributed by atoms with van der Waals surface area (Å²) in [5.41, 5.74) is 6.82. The zero-order chi connectivity index (χ0) is 29.7. The molecule has 4 rings (SSSR count). The number of nitrogens with zero attached hydrogens (tertiary/aromatic N) is 2. The summed E-state index contributed by atoms with van der Waals surface area (Å²) in [7, 11) is -0.366. The second kappa shape index (κ2) is 11.8. The van der Waals surface area contributed by atoms with E-state index in [1.54, 1.807) is 42.5 Å². The highest BCUT2D eigenvalue weighted by Crippen LogP contribution is 2.43. The Morgan fingerprint density at radius 3 is 2.17 bits per heavy atom. The van der Waals surface area contributed by atoms with Gasteiger partial charge in [-0.3, -0.25) is 9.62 Å². The van der Waals surface area contributed by atoms with Crippen LogP contribution in [-0.2, 0) is 29.1 Å². The molecule has 0 fully saturated rings. The predicted molar refractivity (Wildman–Crippen MR) is 150 cm³/mol. The Kier molecular flexibility index (Phi) is 8.30. The van der Waals surface area contributed by atoms with Gasteiger partial charge >= 0.3 is 11.9 Å². The third kappa shape index (κ3) is 5.57. The number of hydrogen-bond acceptors (Lipinski definition) is 10. The summed E-state index contributed by atoms with van der Waals surface area (Å²) in [5.74, 6) is -2.53. The van der Waals surface area contributed by atoms with Crippen LogP contribution in [-0.4, -0.2) is 41.7 Å². The standard InChI is InChI=1S/C29H26N4O7S/c1-38-21-14-12-19(13-15-21)32-41(36,37)22-11-7-10-20(16-22)33-26(29(35)40-3)25(28(34)39-2)24(23(17-30)27(33)31)18-8-5-4-6-9-18/h4-16,24,32H,31H2,1-3H3. The van der Waals surface area contributed by atoms with Crippen LogP contribution in [0.15, 0.2) is 106 Å². The van der Waals surface area contributed by atoms with Crippen molar-refractivity contribution in [3.8, 4) is 11.8 Å². The number of sulfonamides is 1. The Labute approximate surface area is 237 Å². The molecule has 0 saturated heterocycles. The molecule has 3 aromatic carbocycles. The minimum atomic E-state index is -4.13. The number of carbonyl (C=O) groups excluding carboxylic acids is 2. The molecule has 0 aromatic heterocycles. The average molecular weight is 575 g/mol. The number of methoxy groups -OCH3 is 3. The first kappa shape index (κ1) is 28.7. The van der Waals surface area contributed by atoms with Gasteiger partial charge in [-0.1, -0.05) is 36.4 Å². The first-order valence-electron chi connectivity index (χ1n) is 12.1. The maximum absolute atomic E-state index is 13.3. The van der Waals surface area contributed by atoms with E-state index < -0.39 is 27.9 Å². The van der Waals surface area contributed by atoms with Crippen molar-refractivity contribution in [2.45, 2.75) is 10.8 Å². The van der Waals surface area contributed by atoms with Crippen LogP contribution >= 0.6 is 0 Å². The summed E-state index contributed by atoms with van der Waals surface area (Å²) < 4.78 is 44.2. The zero-order valence-electron chi connectivity index (χ0n) is 22.3. The molecule has 0 bridgehead atoms. The number of nitrogens with two attached hydrogens (primary N) is 1. The first-order chi connectivity index (χ1) is 19.7. The van der Waals surface area contributed by atoms with E-state index in [1.165, 1.54) is 43.5 Å².